The van der Waals surface area contributed by atoms with Crippen LogP contribution < -0.4 is 5.43 Å². The minimum atomic E-state index is -0.444. The molecule has 8 heteroatoms. The summed E-state index contributed by atoms with van der Waals surface area (Å²) in [4.78, 5) is 22.6. The van der Waals surface area contributed by atoms with E-state index in [1.807, 2.05) is 37.3 Å². The summed E-state index contributed by atoms with van der Waals surface area (Å²) < 4.78 is 1.59. The number of nitrogens with one attached hydrogen (secondary N) is 1. The fraction of sp³-hybridized carbons (Fsp3) is 0.150. The number of carbonyl (C=O) groups is 1. The van der Waals surface area contributed by atoms with Crippen LogP contribution in [0, 0.1) is 10.1 Å². The van der Waals surface area contributed by atoms with Crippen molar-refractivity contribution in [2.45, 2.75) is 19.9 Å². The maximum Gasteiger partial charge on any atom is 0.291 e. The third-order valence-electron chi connectivity index (χ3n) is 4.10. The van der Waals surface area contributed by atoms with Crippen LogP contribution in [0.2, 0.25) is 0 Å². The van der Waals surface area contributed by atoms with Crippen molar-refractivity contribution in [1.29, 1.82) is 0 Å². The van der Waals surface area contributed by atoms with Gasteiger partial charge in [0.25, 0.3) is 11.6 Å². The van der Waals surface area contributed by atoms with Gasteiger partial charge in [0, 0.05) is 18.3 Å². The van der Waals surface area contributed by atoms with Crippen molar-refractivity contribution >= 4 is 17.3 Å². The maximum absolute atomic E-state index is 12.3. The van der Waals surface area contributed by atoms with Crippen LogP contribution >= 0.6 is 0 Å². The maximum atomic E-state index is 12.3. The SMILES string of the molecule is CC/C(=N/NC(=O)c1ccn(Cc2ccc([N+](=O)[O-])cc2)n1)c1ccccc1. The fourth-order valence-electron chi connectivity index (χ4n) is 2.63. The number of non-ortho nitro benzene ring substituents is 1. The first-order valence-electron chi connectivity index (χ1n) is 8.76. The Kier molecular flexibility index (Phi) is 5.91. The number of aromatic nitrogens is 2. The molecule has 1 N–H and O–H groups in total. The molecule has 2 aromatic carbocycles. The van der Waals surface area contributed by atoms with Gasteiger partial charge in [0.15, 0.2) is 5.69 Å². The monoisotopic (exact) mass is 377 g/mol. The van der Waals surface area contributed by atoms with Gasteiger partial charge in [0.1, 0.15) is 0 Å². The zero-order valence-corrected chi connectivity index (χ0v) is 15.3. The smallest absolute Gasteiger partial charge is 0.268 e. The molecule has 0 aliphatic heterocycles. The minimum absolute atomic E-state index is 0.0345. The van der Waals surface area contributed by atoms with E-state index in [0.29, 0.717) is 13.0 Å². The highest BCUT2D eigenvalue weighted by Gasteiger charge is 2.10. The molecule has 0 saturated carbocycles. The van der Waals surface area contributed by atoms with E-state index < -0.39 is 10.8 Å². The van der Waals surface area contributed by atoms with Gasteiger partial charge in [-0.3, -0.25) is 19.6 Å². The summed E-state index contributed by atoms with van der Waals surface area (Å²) >= 11 is 0. The predicted octanol–water partition coefficient (Wildman–Crippen LogP) is 3.38. The zero-order chi connectivity index (χ0) is 19.9. The molecule has 3 aromatic rings. The third kappa shape index (κ3) is 4.67. The predicted molar refractivity (Wildman–Crippen MR) is 105 cm³/mol. The number of nitro groups is 1. The van der Waals surface area contributed by atoms with Gasteiger partial charge in [-0.2, -0.15) is 10.2 Å². The number of hydrogen-bond donors (Lipinski definition) is 1. The highest BCUT2D eigenvalue weighted by Crippen LogP contribution is 2.13. The van der Waals surface area contributed by atoms with Crippen LogP contribution in [0.1, 0.15) is 35.0 Å². The average molecular weight is 377 g/mol. The summed E-state index contributed by atoms with van der Waals surface area (Å²) in [5.41, 5.74) is 5.40. The molecule has 3 rings (SSSR count). The van der Waals surface area contributed by atoms with Gasteiger partial charge < -0.3 is 0 Å². The van der Waals surface area contributed by atoms with E-state index in [1.165, 1.54) is 12.1 Å². The molecule has 8 nitrogen and oxygen atoms in total. The Bertz CT molecular complexity index is 994. The van der Waals surface area contributed by atoms with Crippen LogP contribution in [0.4, 0.5) is 5.69 Å². The highest BCUT2D eigenvalue weighted by atomic mass is 16.6. The normalized spacial score (nSPS) is 11.2. The number of nitrogens with zero attached hydrogens (tertiary/aromatic N) is 4. The fourth-order valence-corrected chi connectivity index (χ4v) is 2.63. The molecule has 1 amide bonds. The molecule has 0 fully saturated rings. The second-order valence-corrected chi connectivity index (χ2v) is 6.04. The second-order valence-electron chi connectivity index (χ2n) is 6.04. The number of nitro benzene ring substituents is 1. The van der Waals surface area contributed by atoms with Crippen molar-refractivity contribution in [3.05, 3.63) is 93.8 Å². The molecule has 0 bridgehead atoms. The molecule has 0 spiro atoms. The number of benzene rings is 2. The lowest BCUT2D eigenvalue weighted by Gasteiger charge is -2.04. The molecule has 1 aromatic heterocycles. The molecule has 1 heterocycles. The first-order valence-corrected chi connectivity index (χ1v) is 8.76. The molecule has 142 valence electrons. The molecular formula is C20H19N5O3. The first-order chi connectivity index (χ1) is 13.6. The van der Waals surface area contributed by atoms with Gasteiger partial charge in [0.05, 0.1) is 17.2 Å². The summed E-state index contributed by atoms with van der Waals surface area (Å²) in [6.45, 7) is 2.37. The van der Waals surface area contributed by atoms with Crippen molar-refractivity contribution in [3.63, 3.8) is 0 Å². The van der Waals surface area contributed by atoms with Crippen molar-refractivity contribution in [3.8, 4) is 0 Å². The Balaban J connectivity index is 1.65. The van der Waals surface area contributed by atoms with E-state index in [2.05, 4.69) is 15.6 Å². The van der Waals surface area contributed by atoms with Crippen LogP contribution in [0.15, 0.2) is 72.0 Å². The van der Waals surface area contributed by atoms with Crippen molar-refractivity contribution < 1.29 is 9.72 Å². The van der Waals surface area contributed by atoms with E-state index in [4.69, 9.17) is 0 Å². The van der Waals surface area contributed by atoms with Gasteiger partial charge in [0.2, 0.25) is 0 Å². The first kappa shape index (κ1) is 19.0. The Hall–Kier alpha value is -3.81. The number of hydrogen-bond acceptors (Lipinski definition) is 5. The molecule has 0 aliphatic rings. The Morgan fingerprint density at radius 3 is 2.50 bits per heavy atom. The zero-order valence-electron chi connectivity index (χ0n) is 15.3. The summed E-state index contributed by atoms with van der Waals surface area (Å²) in [6.07, 6.45) is 2.36. The van der Waals surface area contributed by atoms with Crippen LogP contribution in [-0.2, 0) is 6.54 Å². The van der Waals surface area contributed by atoms with Crippen LogP contribution in [0.3, 0.4) is 0 Å². The summed E-state index contributed by atoms with van der Waals surface area (Å²) in [7, 11) is 0. The van der Waals surface area contributed by atoms with E-state index in [-0.39, 0.29) is 11.4 Å². The molecule has 0 saturated heterocycles. The van der Waals surface area contributed by atoms with Crippen LogP contribution in [-0.4, -0.2) is 26.3 Å². The largest absolute Gasteiger partial charge is 0.291 e. The quantitative estimate of drug-likeness (QED) is 0.387. The molecule has 0 atom stereocenters. The van der Waals surface area contributed by atoms with Gasteiger partial charge >= 0.3 is 0 Å². The lowest BCUT2D eigenvalue weighted by molar-refractivity contribution is -0.384. The Labute approximate surface area is 161 Å². The van der Waals surface area contributed by atoms with Crippen LogP contribution in [0.25, 0.3) is 0 Å². The van der Waals surface area contributed by atoms with Crippen molar-refractivity contribution in [2.75, 3.05) is 0 Å². The van der Waals surface area contributed by atoms with E-state index >= 15 is 0 Å². The Morgan fingerprint density at radius 2 is 1.86 bits per heavy atom. The standard InChI is InChI=1S/C20H19N5O3/c1-2-18(16-6-4-3-5-7-16)21-22-20(26)19-12-13-24(23-19)14-15-8-10-17(11-9-15)25(27)28/h3-13H,2,14H2,1H3,(H,22,26)/b21-18-. The highest BCUT2D eigenvalue weighted by molar-refractivity contribution is 6.01. The Morgan fingerprint density at radius 1 is 1.14 bits per heavy atom. The molecular weight excluding hydrogens is 358 g/mol. The van der Waals surface area contributed by atoms with Crippen LogP contribution in [0.5, 0.6) is 0 Å². The molecule has 0 radical (unpaired) electrons. The van der Waals surface area contributed by atoms with Gasteiger partial charge in [-0.15, -0.1) is 0 Å². The lowest BCUT2D eigenvalue weighted by Crippen LogP contribution is -2.21. The topological polar surface area (TPSA) is 102 Å². The van der Waals surface area contributed by atoms with E-state index in [0.717, 1.165) is 16.8 Å². The second kappa shape index (κ2) is 8.72. The number of carbonyl (C=O) groups excluding carboxylic acids is 1. The number of rotatable bonds is 7. The van der Waals surface area contributed by atoms with Gasteiger partial charge in [-0.1, -0.05) is 49.4 Å². The summed E-state index contributed by atoms with van der Waals surface area (Å²) in [5, 5.41) is 19.2. The number of amides is 1. The van der Waals surface area contributed by atoms with Crippen molar-refractivity contribution in [2.24, 2.45) is 5.10 Å². The summed E-state index contributed by atoms with van der Waals surface area (Å²) in [5.74, 6) is -0.399. The van der Waals surface area contributed by atoms with Gasteiger partial charge in [-0.05, 0) is 23.6 Å². The van der Waals surface area contributed by atoms with E-state index in [9.17, 15) is 14.9 Å². The molecule has 28 heavy (non-hydrogen) atoms. The minimum Gasteiger partial charge on any atom is -0.268 e. The average Bonchev–Trinajstić information content (AvgIpc) is 3.18. The van der Waals surface area contributed by atoms with Crippen molar-refractivity contribution in [1.82, 2.24) is 15.2 Å². The number of hydrazone groups is 1. The lowest BCUT2D eigenvalue weighted by atomic mass is 10.1. The summed E-state index contributed by atoms with van der Waals surface area (Å²) in [6, 6.07) is 17.4. The molecule has 0 aliphatic carbocycles. The molecule has 0 unspecified atom stereocenters. The van der Waals surface area contributed by atoms with Gasteiger partial charge in [-0.25, -0.2) is 5.43 Å². The third-order valence-corrected chi connectivity index (χ3v) is 4.10. The van der Waals surface area contributed by atoms with E-state index in [1.54, 1.807) is 29.1 Å².